The number of rotatable bonds is 2. The summed E-state index contributed by atoms with van der Waals surface area (Å²) in [5.74, 6) is 0.834. The van der Waals surface area contributed by atoms with Crippen LogP contribution in [0.25, 0.3) is 6.08 Å². The predicted molar refractivity (Wildman–Crippen MR) is 102 cm³/mol. The van der Waals surface area contributed by atoms with Crippen molar-refractivity contribution in [3.05, 3.63) is 89.2 Å². The summed E-state index contributed by atoms with van der Waals surface area (Å²) in [6.07, 6.45) is 4.99. The van der Waals surface area contributed by atoms with E-state index in [0.29, 0.717) is 29.3 Å². The van der Waals surface area contributed by atoms with E-state index in [-0.39, 0.29) is 24.1 Å². The molecular formula is C22H15FN2O3. The molecule has 0 amide bonds. The Morgan fingerprint density at radius 1 is 1.11 bits per heavy atom. The molecule has 0 saturated carbocycles. The Morgan fingerprint density at radius 2 is 2.00 bits per heavy atom. The molecule has 0 N–H and O–H groups in total. The maximum absolute atomic E-state index is 14.2. The Labute approximate surface area is 160 Å². The summed E-state index contributed by atoms with van der Waals surface area (Å²) >= 11 is 0. The zero-order valence-electron chi connectivity index (χ0n) is 14.8. The van der Waals surface area contributed by atoms with Crippen LogP contribution in [-0.4, -0.2) is 17.5 Å². The molecule has 0 saturated heterocycles. The maximum atomic E-state index is 14.2. The summed E-state index contributed by atoms with van der Waals surface area (Å²) in [6, 6.07) is 13.6. The molecule has 0 aliphatic carbocycles. The molecule has 0 spiro atoms. The third kappa shape index (κ3) is 2.70. The molecule has 3 aromatic rings. The van der Waals surface area contributed by atoms with Gasteiger partial charge in [0, 0.05) is 12.4 Å². The number of allylic oxidation sites excluding steroid dienone is 1. The zero-order chi connectivity index (χ0) is 19.1. The first-order valence-corrected chi connectivity index (χ1v) is 8.83. The van der Waals surface area contributed by atoms with Crippen molar-refractivity contribution in [3.8, 4) is 11.5 Å². The molecule has 3 heterocycles. The van der Waals surface area contributed by atoms with Crippen LogP contribution < -0.4 is 14.4 Å². The Balaban J connectivity index is 1.51. The van der Waals surface area contributed by atoms with Crippen molar-refractivity contribution in [3.63, 3.8) is 0 Å². The van der Waals surface area contributed by atoms with Crippen molar-refractivity contribution >= 4 is 17.5 Å². The molecule has 0 bridgehead atoms. The second-order valence-electron chi connectivity index (χ2n) is 6.57. The number of para-hydroxylation sites is 1. The van der Waals surface area contributed by atoms with Crippen LogP contribution >= 0.6 is 0 Å². The van der Waals surface area contributed by atoms with Gasteiger partial charge in [-0.3, -0.25) is 9.78 Å². The fourth-order valence-corrected chi connectivity index (χ4v) is 3.43. The average Bonchev–Trinajstić information content (AvgIpc) is 3.05. The Morgan fingerprint density at radius 3 is 2.82 bits per heavy atom. The Kier molecular flexibility index (Phi) is 3.83. The molecule has 2 aromatic carbocycles. The van der Waals surface area contributed by atoms with Crippen molar-refractivity contribution in [1.82, 2.24) is 4.98 Å². The molecule has 138 valence electrons. The van der Waals surface area contributed by atoms with E-state index in [1.807, 2.05) is 6.07 Å². The first-order valence-electron chi connectivity index (χ1n) is 8.83. The summed E-state index contributed by atoms with van der Waals surface area (Å²) in [5, 5.41) is 0. The summed E-state index contributed by atoms with van der Waals surface area (Å²) in [7, 11) is 0. The molecular weight excluding hydrogens is 359 g/mol. The van der Waals surface area contributed by atoms with Gasteiger partial charge < -0.3 is 14.4 Å². The van der Waals surface area contributed by atoms with Gasteiger partial charge in [-0.1, -0.05) is 18.2 Å². The van der Waals surface area contributed by atoms with Crippen LogP contribution in [0.5, 0.6) is 11.5 Å². The standard InChI is InChI=1S/C22H15FN2O3/c23-17-5-1-2-6-18(17)25-12-16-19(27-13-25)8-7-15-21(26)20(28-22(15)16)10-14-4-3-9-24-11-14/h1-11H,12-13H2/b20-10-. The van der Waals surface area contributed by atoms with E-state index in [2.05, 4.69) is 4.98 Å². The average molecular weight is 374 g/mol. The van der Waals surface area contributed by atoms with E-state index in [0.717, 1.165) is 11.1 Å². The van der Waals surface area contributed by atoms with Crippen molar-refractivity contribution in [2.45, 2.75) is 6.54 Å². The van der Waals surface area contributed by atoms with Gasteiger partial charge in [-0.05, 0) is 42.0 Å². The second-order valence-corrected chi connectivity index (χ2v) is 6.57. The lowest BCUT2D eigenvalue weighted by Gasteiger charge is -2.31. The molecule has 0 atom stereocenters. The van der Waals surface area contributed by atoms with Crippen LogP contribution in [0.4, 0.5) is 10.1 Å². The first-order chi connectivity index (χ1) is 13.7. The number of Topliss-reactive ketones (excluding diaryl/α,β-unsaturated/α-hetero) is 1. The van der Waals surface area contributed by atoms with Gasteiger partial charge in [-0.25, -0.2) is 4.39 Å². The Bertz CT molecular complexity index is 1110. The van der Waals surface area contributed by atoms with Crippen molar-refractivity contribution < 1.29 is 18.7 Å². The molecule has 2 aliphatic rings. The third-order valence-electron chi connectivity index (χ3n) is 4.80. The number of pyridine rings is 1. The maximum Gasteiger partial charge on any atom is 0.231 e. The highest BCUT2D eigenvalue weighted by molar-refractivity contribution is 6.15. The predicted octanol–water partition coefficient (Wildman–Crippen LogP) is 4.19. The van der Waals surface area contributed by atoms with Gasteiger partial charge in [0.25, 0.3) is 0 Å². The quantitative estimate of drug-likeness (QED) is 0.630. The van der Waals surface area contributed by atoms with Crippen LogP contribution in [0.1, 0.15) is 21.5 Å². The summed E-state index contributed by atoms with van der Waals surface area (Å²) in [6.45, 7) is 0.603. The number of benzene rings is 2. The lowest BCUT2D eigenvalue weighted by molar-refractivity contribution is 0.101. The van der Waals surface area contributed by atoms with Crippen molar-refractivity contribution in [2.24, 2.45) is 0 Å². The number of hydrogen-bond acceptors (Lipinski definition) is 5. The van der Waals surface area contributed by atoms with E-state index in [9.17, 15) is 9.18 Å². The zero-order valence-corrected chi connectivity index (χ0v) is 14.8. The van der Waals surface area contributed by atoms with E-state index in [1.165, 1.54) is 6.07 Å². The topological polar surface area (TPSA) is 51.7 Å². The highest BCUT2D eigenvalue weighted by atomic mass is 19.1. The van der Waals surface area contributed by atoms with Gasteiger partial charge in [0.05, 0.1) is 23.4 Å². The van der Waals surface area contributed by atoms with E-state index in [1.54, 1.807) is 59.8 Å². The van der Waals surface area contributed by atoms with Gasteiger partial charge in [0.2, 0.25) is 5.78 Å². The Hall–Kier alpha value is -3.67. The molecule has 0 unspecified atom stereocenters. The number of ketones is 1. The van der Waals surface area contributed by atoms with Crippen LogP contribution in [0.15, 0.2) is 66.7 Å². The summed E-state index contributed by atoms with van der Waals surface area (Å²) in [5.41, 5.74) is 2.43. The van der Waals surface area contributed by atoms with Crippen LogP contribution in [0.3, 0.4) is 0 Å². The molecule has 0 fully saturated rings. The lowest BCUT2D eigenvalue weighted by atomic mass is 10.0. The van der Waals surface area contributed by atoms with E-state index in [4.69, 9.17) is 9.47 Å². The van der Waals surface area contributed by atoms with Gasteiger partial charge in [-0.15, -0.1) is 0 Å². The minimum atomic E-state index is -0.323. The number of fused-ring (bicyclic) bond motifs is 3. The number of ether oxygens (including phenoxy) is 2. The van der Waals surface area contributed by atoms with Gasteiger partial charge in [0.15, 0.2) is 12.5 Å². The molecule has 0 radical (unpaired) electrons. The highest BCUT2D eigenvalue weighted by Crippen LogP contribution is 2.42. The smallest absolute Gasteiger partial charge is 0.231 e. The number of carbonyl (C=O) groups excluding carboxylic acids is 1. The summed E-state index contributed by atoms with van der Waals surface area (Å²) < 4.78 is 25.9. The second kappa shape index (κ2) is 6.49. The molecule has 6 heteroatoms. The van der Waals surface area contributed by atoms with E-state index >= 15 is 0 Å². The summed E-state index contributed by atoms with van der Waals surface area (Å²) in [4.78, 5) is 18.6. The molecule has 1 aromatic heterocycles. The van der Waals surface area contributed by atoms with Crippen molar-refractivity contribution in [2.75, 3.05) is 11.6 Å². The monoisotopic (exact) mass is 374 g/mol. The van der Waals surface area contributed by atoms with Crippen LogP contribution in [0, 0.1) is 5.82 Å². The molecule has 28 heavy (non-hydrogen) atoms. The minimum Gasteiger partial charge on any atom is -0.473 e. The highest BCUT2D eigenvalue weighted by Gasteiger charge is 2.34. The minimum absolute atomic E-state index is 0.190. The molecule has 5 nitrogen and oxygen atoms in total. The largest absolute Gasteiger partial charge is 0.473 e. The van der Waals surface area contributed by atoms with Crippen molar-refractivity contribution in [1.29, 1.82) is 0 Å². The van der Waals surface area contributed by atoms with E-state index < -0.39 is 0 Å². The van der Waals surface area contributed by atoms with Gasteiger partial charge >= 0.3 is 0 Å². The first kappa shape index (κ1) is 16.5. The molecule has 2 aliphatic heterocycles. The number of hydrogen-bond donors (Lipinski definition) is 0. The van der Waals surface area contributed by atoms with Crippen LogP contribution in [-0.2, 0) is 6.54 Å². The molecule has 5 rings (SSSR count). The SMILES string of the molecule is O=C1/C(=C/c2cccnc2)Oc2c1ccc1c2CN(c2ccccc2F)CO1. The third-order valence-corrected chi connectivity index (χ3v) is 4.80. The van der Waals surface area contributed by atoms with Crippen LogP contribution in [0.2, 0.25) is 0 Å². The fourth-order valence-electron chi connectivity index (χ4n) is 3.43. The van der Waals surface area contributed by atoms with Gasteiger partial charge in [0.1, 0.15) is 17.3 Å². The number of carbonyl (C=O) groups is 1. The normalized spacial score (nSPS) is 16.4. The fraction of sp³-hybridized carbons (Fsp3) is 0.0909. The van der Waals surface area contributed by atoms with Gasteiger partial charge in [-0.2, -0.15) is 0 Å². The number of nitrogens with zero attached hydrogens (tertiary/aromatic N) is 2. The number of halogens is 1. The number of aromatic nitrogens is 1. The number of anilines is 1. The lowest BCUT2D eigenvalue weighted by Crippen LogP contribution is -2.32.